The zero-order valence-electron chi connectivity index (χ0n) is 29.1. The fourth-order valence-electron chi connectivity index (χ4n) is 10.8. The lowest BCUT2D eigenvalue weighted by Gasteiger charge is -2.60. The maximum absolute atomic E-state index is 12.7. The molecule has 0 saturated carbocycles. The Labute approximate surface area is 293 Å². The van der Waals surface area contributed by atoms with Gasteiger partial charge in [-0.3, -0.25) is 0 Å². The predicted octanol–water partition coefficient (Wildman–Crippen LogP) is 6.88. The third-order valence-electron chi connectivity index (χ3n) is 14.1. The fraction of sp³-hybridized carbons (Fsp3) is 0.455. The Morgan fingerprint density at radius 3 is 0.918 bits per heavy atom. The Morgan fingerprint density at radius 1 is 0.429 bits per heavy atom. The quantitative estimate of drug-likeness (QED) is 0.129. The zero-order chi connectivity index (χ0) is 33.5. The van der Waals surface area contributed by atoms with Crippen LogP contribution in [0.2, 0.25) is 0 Å². The summed E-state index contributed by atoms with van der Waals surface area (Å²) in [5.74, 6) is 0. The molecule has 10 rings (SSSR count). The molecule has 4 aromatic rings. The summed E-state index contributed by atoms with van der Waals surface area (Å²) < 4.78 is 8.71. The lowest BCUT2D eigenvalue weighted by Crippen LogP contribution is -2.67. The number of aliphatic hydroxyl groups is 2. The standard InChI is InChI=1S/C44H54N2O3/c47-43(37-13-5-1-6-14-37,38-15-7-2-8-16-38)41-21-27-45(28-22-41,29-23-41)33-35-49-36-34-46-30-24-42(25-31-46,26-32-46)44(48,39-17-9-3-10-18-39)40-19-11-4-12-20-40/h1-20,47-48H,21-36H2/q+2. The van der Waals surface area contributed by atoms with E-state index in [2.05, 4.69) is 97.1 Å². The third-order valence-corrected chi connectivity index (χ3v) is 14.1. The molecule has 6 aliphatic rings. The van der Waals surface area contributed by atoms with Crippen LogP contribution < -0.4 is 0 Å². The molecule has 5 heteroatoms. The summed E-state index contributed by atoms with van der Waals surface area (Å²) in [5.41, 5.74) is 1.86. The average Bonchev–Trinajstić information content (AvgIpc) is 3.20. The van der Waals surface area contributed by atoms with Crippen molar-refractivity contribution >= 4 is 0 Å². The van der Waals surface area contributed by atoms with E-state index in [1.165, 1.54) is 0 Å². The number of hydrogen-bond donors (Lipinski definition) is 2. The molecular formula is C44H54N2O3+2. The van der Waals surface area contributed by atoms with Crippen LogP contribution in [0.5, 0.6) is 0 Å². The van der Waals surface area contributed by atoms with Gasteiger partial charge in [0.1, 0.15) is 24.3 Å². The van der Waals surface area contributed by atoms with Crippen LogP contribution in [0.3, 0.4) is 0 Å². The summed E-state index contributed by atoms with van der Waals surface area (Å²) >= 11 is 0. The average molecular weight is 659 g/mol. The first-order valence-electron chi connectivity index (χ1n) is 18.8. The van der Waals surface area contributed by atoms with Crippen LogP contribution in [0.4, 0.5) is 0 Å². The first-order chi connectivity index (χ1) is 23.9. The van der Waals surface area contributed by atoms with Gasteiger partial charge in [0.25, 0.3) is 0 Å². The molecule has 4 aromatic carbocycles. The van der Waals surface area contributed by atoms with E-state index in [-0.39, 0.29) is 10.8 Å². The van der Waals surface area contributed by atoms with E-state index < -0.39 is 11.2 Å². The lowest BCUT2D eigenvalue weighted by molar-refractivity contribution is -0.949. The van der Waals surface area contributed by atoms with Crippen LogP contribution in [0.15, 0.2) is 121 Å². The first kappa shape index (κ1) is 32.9. The summed E-state index contributed by atoms with van der Waals surface area (Å²) in [7, 11) is 0. The minimum atomic E-state index is -0.977. The molecule has 2 N–H and O–H groups in total. The van der Waals surface area contributed by atoms with Crippen LogP contribution in [0, 0.1) is 10.8 Å². The molecule has 0 spiro atoms. The van der Waals surface area contributed by atoms with Crippen LogP contribution in [0.25, 0.3) is 0 Å². The Morgan fingerprint density at radius 2 is 0.673 bits per heavy atom. The Bertz CT molecular complexity index is 1440. The van der Waals surface area contributed by atoms with Crippen molar-refractivity contribution in [2.45, 2.75) is 49.7 Å². The Kier molecular flexibility index (Phi) is 8.57. The highest BCUT2D eigenvalue weighted by atomic mass is 16.5. The molecule has 6 aliphatic heterocycles. The topological polar surface area (TPSA) is 49.7 Å². The van der Waals surface area contributed by atoms with E-state index in [1.54, 1.807) is 0 Å². The van der Waals surface area contributed by atoms with Gasteiger partial charge in [-0.1, -0.05) is 121 Å². The Hall–Kier alpha value is -3.32. The van der Waals surface area contributed by atoms with Gasteiger partial charge >= 0.3 is 0 Å². The molecule has 5 nitrogen and oxygen atoms in total. The molecule has 0 unspecified atom stereocenters. The van der Waals surface area contributed by atoms with Crippen molar-refractivity contribution in [3.8, 4) is 0 Å². The van der Waals surface area contributed by atoms with Gasteiger partial charge in [-0.2, -0.15) is 0 Å². The van der Waals surface area contributed by atoms with Crippen molar-refractivity contribution in [1.82, 2.24) is 0 Å². The lowest BCUT2D eigenvalue weighted by atomic mass is 9.56. The van der Waals surface area contributed by atoms with E-state index >= 15 is 0 Å². The van der Waals surface area contributed by atoms with Gasteiger partial charge in [0, 0.05) is 49.4 Å². The molecular weight excluding hydrogens is 604 g/mol. The Balaban J connectivity index is 0.871. The largest absolute Gasteiger partial charge is 0.380 e. The SMILES string of the molecule is OC(c1ccccc1)(c1ccccc1)C12CC[N+](CCOCC[N+]34CCC(C(O)(c5ccccc5)c5ccccc5)(CC3)CC4)(CC1)CC2. The zero-order valence-corrected chi connectivity index (χ0v) is 29.1. The third kappa shape index (κ3) is 5.41. The summed E-state index contributed by atoms with van der Waals surface area (Å²) in [4.78, 5) is 0. The van der Waals surface area contributed by atoms with Gasteiger partial charge in [0.15, 0.2) is 0 Å². The van der Waals surface area contributed by atoms with Crippen LogP contribution in [-0.4, -0.2) is 84.8 Å². The molecule has 4 bridgehead atoms. The molecule has 0 aromatic heterocycles. The predicted molar refractivity (Wildman–Crippen MR) is 195 cm³/mol. The monoisotopic (exact) mass is 658 g/mol. The molecule has 256 valence electrons. The van der Waals surface area contributed by atoms with E-state index in [9.17, 15) is 10.2 Å². The number of piperidine rings is 6. The van der Waals surface area contributed by atoms with Crippen LogP contribution in [0.1, 0.15) is 60.8 Å². The van der Waals surface area contributed by atoms with Gasteiger partial charge < -0.3 is 23.9 Å². The summed E-state index contributed by atoms with van der Waals surface area (Å²) in [6, 6.07) is 41.6. The first-order valence-corrected chi connectivity index (χ1v) is 18.8. The van der Waals surface area contributed by atoms with Crippen molar-refractivity contribution in [1.29, 1.82) is 0 Å². The number of hydrogen-bond acceptors (Lipinski definition) is 3. The highest BCUT2D eigenvalue weighted by Crippen LogP contribution is 2.58. The molecule has 0 atom stereocenters. The van der Waals surface area contributed by atoms with Gasteiger partial charge in [0.2, 0.25) is 0 Å². The molecule has 49 heavy (non-hydrogen) atoms. The maximum atomic E-state index is 12.7. The van der Waals surface area contributed by atoms with Gasteiger partial charge in [0.05, 0.1) is 52.5 Å². The minimum absolute atomic E-state index is 0.141. The molecule has 0 amide bonds. The maximum Gasteiger partial charge on any atom is 0.121 e. The van der Waals surface area contributed by atoms with E-state index in [4.69, 9.17) is 4.74 Å². The smallest absolute Gasteiger partial charge is 0.121 e. The van der Waals surface area contributed by atoms with Crippen molar-refractivity contribution in [3.05, 3.63) is 144 Å². The second kappa shape index (κ2) is 12.8. The number of quaternary nitrogens is 2. The molecule has 0 radical (unpaired) electrons. The van der Waals surface area contributed by atoms with Crippen molar-refractivity contribution in [2.75, 3.05) is 65.6 Å². The molecule has 0 aliphatic carbocycles. The molecule has 6 saturated heterocycles. The van der Waals surface area contributed by atoms with Crippen molar-refractivity contribution in [2.24, 2.45) is 10.8 Å². The number of fused-ring (bicyclic) bond motifs is 6. The van der Waals surface area contributed by atoms with Gasteiger partial charge in [-0.25, -0.2) is 0 Å². The fourth-order valence-corrected chi connectivity index (χ4v) is 10.8. The molecule has 6 fully saturated rings. The number of benzene rings is 4. The van der Waals surface area contributed by atoms with Gasteiger partial charge in [-0.05, 0) is 22.3 Å². The number of rotatable bonds is 12. The normalized spacial score (nSPS) is 29.6. The molecule has 6 heterocycles. The van der Waals surface area contributed by atoms with E-state index in [1.807, 2.05) is 24.3 Å². The van der Waals surface area contributed by atoms with Crippen LogP contribution in [-0.2, 0) is 15.9 Å². The van der Waals surface area contributed by atoms with E-state index in [0.717, 1.165) is 135 Å². The summed E-state index contributed by atoms with van der Waals surface area (Å²) in [6.07, 6.45) is 6.21. The summed E-state index contributed by atoms with van der Waals surface area (Å²) in [5, 5.41) is 25.4. The van der Waals surface area contributed by atoms with Gasteiger partial charge in [-0.15, -0.1) is 0 Å². The number of ether oxygens (including phenoxy) is 1. The number of nitrogens with zero attached hydrogens (tertiary/aromatic N) is 2. The van der Waals surface area contributed by atoms with E-state index in [0.29, 0.717) is 0 Å². The second-order valence-corrected chi connectivity index (χ2v) is 16.0. The minimum Gasteiger partial charge on any atom is -0.380 e. The van der Waals surface area contributed by atoms with Crippen LogP contribution >= 0.6 is 0 Å². The van der Waals surface area contributed by atoms with Crippen molar-refractivity contribution < 1.29 is 23.9 Å². The second-order valence-electron chi connectivity index (χ2n) is 16.0. The van der Waals surface area contributed by atoms with Crippen molar-refractivity contribution in [3.63, 3.8) is 0 Å². The summed E-state index contributed by atoms with van der Waals surface area (Å²) in [6.45, 7) is 10.4. The highest BCUT2D eigenvalue weighted by molar-refractivity contribution is 5.41. The highest BCUT2D eigenvalue weighted by Gasteiger charge is 2.61.